The summed E-state index contributed by atoms with van der Waals surface area (Å²) in [5, 5.41) is 3.40. The van der Waals surface area contributed by atoms with Crippen molar-refractivity contribution in [2.75, 3.05) is 11.4 Å². The van der Waals surface area contributed by atoms with Crippen molar-refractivity contribution in [1.29, 1.82) is 0 Å². The summed E-state index contributed by atoms with van der Waals surface area (Å²) in [6, 6.07) is 14.8. The maximum Gasteiger partial charge on any atom is 0.240 e. The number of rotatable bonds is 5. The highest BCUT2D eigenvalue weighted by molar-refractivity contribution is 6.31. The number of nitrogens with zero attached hydrogens (tertiary/aromatic N) is 1. The van der Waals surface area contributed by atoms with Gasteiger partial charge >= 0.3 is 0 Å². The molecule has 0 aromatic heterocycles. The highest BCUT2D eigenvalue weighted by Crippen LogP contribution is 2.16. The molecule has 5 heteroatoms. The molecule has 23 heavy (non-hydrogen) atoms. The van der Waals surface area contributed by atoms with Gasteiger partial charge in [-0.1, -0.05) is 41.9 Å². The SMILES string of the molecule is CC(=O)N(CC(=O)NCc1ccccc1Cl)c1cccc(C)c1. The van der Waals surface area contributed by atoms with Gasteiger partial charge in [0.15, 0.2) is 0 Å². The molecule has 0 bridgehead atoms. The van der Waals surface area contributed by atoms with E-state index >= 15 is 0 Å². The van der Waals surface area contributed by atoms with E-state index < -0.39 is 0 Å². The predicted octanol–water partition coefficient (Wildman–Crippen LogP) is 3.32. The molecule has 0 fully saturated rings. The Kier molecular flexibility index (Phi) is 5.77. The molecule has 2 amide bonds. The van der Waals surface area contributed by atoms with E-state index in [4.69, 9.17) is 11.6 Å². The van der Waals surface area contributed by atoms with Crippen LogP contribution in [-0.2, 0) is 16.1 Å². The van der Waals surface area contributed by atoms with Gasteiger partial charge in [-0.3, -0.25) is 9.59 Å². The summed E-state index contributed by atoms with van der Waals surface area (Å²) in [5.74, 6) is -0.412. The van der Waals surface area contributed by atoms with Crippen LogP contribution in [-0.4, -0.2) is 18.4 Å². The Balaban J connectivity index is 2.01. The molecular formula is C18H19ClN2O2. The quantitative estimate of drug-likeness (QED) is 0.914. The molecule has 0 radical (unpaired) electrons. The number of anilines is 1. The molecule has 1 N–H and O–H groups in total. The largest absolute Gasteiger partial charge is 0.350 e. The normalized spacial score (nSPS) is 10.2. The maximum atomic E-state index is 12.2. The molecule has 0 aliphatic rings. The van der Waals surface area contributed by atoms with E-state index in [1.165, 1.54) is 11.8 Å². The fourth-order valence-electron chi connectivity index (χ4n) is 2.22. The van der Waals surface area contributed by atoms with E-state index in [2.05, 4.69) is 5.32 Å². The summed E-state index contributed by atoms with van der Waals surface area (Å²) in [4.78, 5) is 25.5. The van der Waals surface area contributed by atoms with Crippen molar-refractivity contribution in [3.63, 3.8) is 0 Å². The van der Waals surface area contributed by atoms with Crippen molar-refractivity contribution in [3.05, 3.63) is 64.7 Å². The van der Waals surface area contributed by atoms with E-state index in [1.807, 2.05) is 49.4 Å². The second-order valence-electron chi connectivity index (χ2n) is 5.31. The lowest BCUT2D eigenvalue weighted by Gasteiger charge is -2.21. The first-order valence-electron chi connectivity index (χ1n) is 7.32. The molecule has 0 unspecified atom stereocenters. The first kappa shape index (κ1) is 17.0. The number of halogens is 1. The zero-order valence-electron chi connectivity index (χ0n) is 13.2. The zero-order valence-corrected chi connectivity index (χ0v) is 13.9. The molecule has 2 rings (SSSR count). The van der Waals surface area contributed by atoms with E-state index in [1.54, 1.807) is 6.07 Å². The summed E-state index contributed by atoms with van der Waals surface area (Å²) >= 11 is 6.06. The minimum Gasteiger partial charge on any atom is -0.350 e. The third-order valence-electron chi connectivity index (χ3n) is 3.43. The van der Waals surface area contributed by atoms with E-state index in [0.29, 0.717) is 17.3 Å². The van der Waals surface area contributed by atoms with Crippen LogP contribution < -0.4 is 10.2 Å². The smallest absolute Gasteiger partial charge is 0.240 e. The fraction of sp³-hybridized carbons (Fsp3) is 0.222. The topological polar surface area (TPSA) is 49.4 Å². The van der Waals surface area contributed by atoms with Crippen LogP contribution in [0.3, 0.4) is 0 Å². The number of amides is 2. The summed E-state index contributed by atoms with van der Waals surface area (Å²) in [7, 11) is 0. The standard InChI is InChI=1S/C18H19ClN2O2/c1-13-6-5-8-16(10-13)21(14(2)22)12-18(23)20-11-15-7-3-4-9-17(15)19/h3-10H,11-12H2,1-2H3,(H,20,23). The third kappa shape index (κ3) is 4.83. The molecule has 2 aromatic rings. The highest BCUT2D eigenvalue weighted by Gasteiger charge is 2.15. The lowest BCUT2D eigenvalue weighted by molar-refractivity contribution is -0.123. The number of nitrogens with one attached hydrogen (secondary N) is 1. The second kappa shape index (κ2) is 7.79. The van der Waals surface area contributed by atoms with Crippen LogP contribution >= 0.6 is 11.6 Å². The van der Waals surface area contributed by atoms with Gasteiger partial charge in [-0.15, -0.1) is 0 Å². The van der Waals surface area contributed by atoms with Gasteiger partial charge in [0.2, 0.25) is 11.8 Å². The first-order chi connectivity index (χ1) is 11.0. The molecule has 4 nitrogen and oxygen atoms in total. The van der Waals surface area contributed by atoms with Gasteiger partial charge in [-0.25, -0.2) is 0 Å². The number of hydrogen-bond donors (Lipinski definition) is 1. The van der Waals surface area contributed by atoms with E-state index in [-0.39, 0.29) is 18.4 Å². The van der Waals surface area contributed by atoms with Crippen LogP contribution in [0.2, 0.25) is 5.02 Å². The van der Waals surface area contributed by atoms with Gasteiger partial charge < -0.3 is 10.2 Å². The first-order valence-corrected chi connectivity index (χ1v) is 7.70. The van der Waals surface area contributed by atoms with Gasteiger partial charge in [0.05, 0.1) is 0 Å². The van der Waals surface area contributed by atoms with Crippen LogP contribution in [0.15, 0.2) is 48.5 Å². The van der Waals surface area contributed by atoms with E-state index in [9.17, 15) is 9.59 Å². The van der Waals surface area contributed by atoms with Gasteiger partial charge in [0.1, 0.15) is 6.54 Å². The fourth-order valence-corrected chi connectivity index (χ4v) is 2.42. The second-order valence-corrected chi connectivity index (χ2v) is 5.72. The van der Waals surface area contributed by atoms with Crippen molar-refractivity contribution >= 4 is 29.1 Å². The van der Waals surface area contributed by atoms with Gasteiger partial charge in [-0.05, 0) is 36.2 Å². The Morgan fingerprint density at radius 3 is 2.52 bits per heavy atom. The number of carbonyl (C=O) groups excluding carboxylic acids is 2. The Hall–Kier alpha value is -2.33. The Morgan fingerprint density at radius 1 is 1.13 bits per heavy atom. The van der Waals surface area contributed by atoms with Crippen molar-refractivity contribution < 1.29 is 9.59 Å². The summed E-state index contributed by atoms with van der Waals surface area (Å²) in [6.07, 6.45) is 0. The predicted molar refractivity (Wildman–Crippen MR) is 92.5 cm³/mol. The summed E-state index contributed by atoms with van der Waals surface area (Å²) in [6.45, 7) is 3.70. The average molecular weight is 331 g/mol. The Labute approximate surface area is 141 Å². The molecule has 0 saturated carbocycles. The lowest BCUT2D eigenvalue weighted by Crippen LogP contribution is -2.39. The molecular weight excluding hydrogens is 312 g/mol. The Morgan fingerprint density at radius 2 is 1.87 bits per heavy atom. The summed E-state index contributed by atoms with van der Waals surface area (Å²) < 4.78 is 0. The van der Waals surface area contributed by atoms with Crippen molar-refractivity contribution in [1.82, 2.24) is 5.32 Å². The van der Waals surface area contributed by atoms with Crippen LogP contribution in [0.4, 0.5) is 5.69 Å². The molecule has 0 aliphatic heterocycles. The zero-order chi connectivity index (χ0) is 16.8. The van der Waals surface area contributed by atoms with Crippen LogP contribution in [0, 0.1) is 6.92 Å². The molecule has 120 valence electrons. The van der Waals surface area contributed by atoms with Crippen LogP contribution in [0.1, 0.15) is 18.1 Å². The molecule has 0 saturated heterocycles. The molecule has 0 heterocycles. The number of aryl methyl sites for hydroxylation is 1. The van der Waals surface area contributed by atoms with Crippen molar-refractivity contribution in [2.45, 2.75) is 20.4 Å². The van der Waals surface area contributed by atoms with Gasteiger partial charge in [0.25, 0.3) is 0 Å². The minimum absolute atomic E-state index is 0.0246. The van der Waals surface area contributed by atoms with Crippen LogP contribution in [0.5, 0.6) is 0 Å². The Bertz CT molecular complexity index is 716. The molecule has 0 aliphatic carbocycles. The van der Waals surface area contributed by atoms with E-state index in [0.717, 1.165) is 11.1 Å². The molecule has 0 atom stereocenters. The van der Waals surface area contributed by atoms with Gasteiger partial charge in [0, 0.05) is 24.2 Å². The number of benzene rings is 2. The third-order valence-corrected chi connectivity index (χ3v) is 3.80. The maximum absolute atomic E-state index is 12.2. The van der Waals surface area contributed by atoms with Crippen LogP contribution in [0.25, 0.3) is 0 Å². The van der Waals surface area contributed by atoms with Crippen molar-refractivity contribution in [2.24, 2.45) is 0 Å². The molecule has 0 spiro atoms. The lowest BCUT2D eigenvalue weighted by atomic mass is 10.2. The highest BCUT2D eigenvalue weighted by atomic mass is 35.5. The van der Waals surface area contributed by atoms with Gasteiger partial charge in [-0.2, -0.15) is 0 Å². The number of hydrogen-bond acceptors (Lipinski definition) is 2. The molecule has 2 aromatic carbocycles. The average Bonchev–Trinajstić information content (AvgIpc) is 2.51. The monoisotopic (exact) mass is 330 g/mol. The number of carbonyl (C=O) groups is 2. The minimum atomic E-state index is -0.235. The van der Waals surface area contributed by atoms with Crippen molar-refractivity contribution in [3.8, 4) is 0 Å². The summed E-state index contributed by atoms with van der Waals surface area (Å²) in [5.41, 5.74) is 2.59.